The van der Waals surface area contributed by atoms with Crippen molar-refractivity contribution in [2.45, 2.75) is 83.3 Å². The molecule has 3 aliphatic rings. The van der Waals surface area contributed by atoms with Crippen molar-refractivity contribution in [2.75, 3.05) is 10.6 Å². The molecule has 4 aromatic rings. The predicted molar refractivity (Wildman–Crippen MR) is 177 cm³/mol. The van der Waals surface area contributed by atoms with Gasteiger partial charge in [-0.2, -0.15) is 0 Å². The molecule has 45 heavy (non-hydrogen) atoms. The van der Waals surface area contributed by atoms with E-state index < -0.39 is 0 Å². The number of aromatic nitrogens is 2. The molecule has 0 spiro atoms. The van der Waals surface area contributed by atoms with Crippen molar-refractivity contribution in [3.05, 3.63) is 106 Å². The van der Waals surface area contributed by atoms with Crippen LogP contribution in [0.5, 0.6) is 0 Å². The van der Waals surface area contributed by atoms with Crippen LogP contribution >= 0.6 is 0 Å². The van der Waals surface area contributed by atoms with Gasteiger partial charge >= 0.3 is 0 Å². The smallest absolute Gasteiger partial charge is 0.274 e. The molecule has 8 heteroatoms. The van der Waals surface area contributed by atoms with Crippen molar-refractivity contribution in [2.24, 2.45) is 5.73 Å². The number of amides is 2. The van der Waals surface area contributed by atoms with Gasteiger partial charge in [-0.1, -0.05) is 24.3 Å². The van der Waals surface area contributed by atoms with Crippen LogP contribution in [0, 0.1) is 13.8 Å². The van der Waals surface area contributed by atoms with E-state index in [0.29, 0.717) is 35.8 Å². The van der Waals surface area contributed by atoms with Gasteiger partial charge in [0, 0.05) is 42.9 Å². The molecule has 0 unspecified atom stereocenters. The summed E-state index contributed by atoms with van der Waals surface area (Å²) in [5.74, 6) is 0.544. The van der Waals surface area contributed by atoms with Gasteiger partial charge < -0.3 is 21.7 Å². The zero-order valence-electron chi connectivity index (χ0n) is 26.0. The molecular weight excluding hydrogens is 560 g/mol. The average molecular weight is 601 g/mol. The molecule has 0 radical (unpaired) electrons. The number of hydrogen-bond donors (Lipinski definition) is 4. The highest BCUT2D eigenvalue weighted by atomic mass is 16.2. The van der Waals surface area contributed by atoms with Gasteiger partial charge in [0.05, 0.1) is 0 Å². The molecule has 0 saturated heterocycles. The maximum Gasteiger partial charge on any atom is 0.274 e. The Hall–Kier alpha value is -4.40. The number of benzene rings is 2. The van der Waals surface area contributed by atoms with Gasteiger partial charge in [0.2, 0.25) is 0 Å². The Morgan fingerprint density at radius 1 is 0.733 bits per heavy atom. The first-order chi connectivity index (χ1) is 21.9. The Morgan fingerprint density at radius 2 is 1.22 bits per heavy atom. The minimum Gasteiger partial charge on any atom is -0.326 e. The molecule has 2 aromatic carbocycles. The number of nitrogens with one attached hydrogen (secondary N) is 3. The fraction of sp³-hybridized carbons (Fsp3) is 0.351. The minimum absolute atomic E-state index is 0.213. The van der Waals surface area contributed by atoms with E-state index in [0.717, 1.165) is 64.1 Å². The molecule has 0 aliphatic heterocycles. The summed E-state index contributed by atoms with van der Waals surface area (Å²) in [5, 5.41) is 9.77. The Balaban J connectivity index is 1.10. The molecule has 0 atom stereocenters. The summed E-state index contributed by atoms with van der Waals surface area (Å²) in [4.78, 5) is 35.7. The van der Waals surface area contributed by atoms with E-state index in [1.807, 2.05) is 68.6 Å². The Morgan fingerprint density at radius 3 is 1.69 bits per heavy atom. The number of carbonyl (C=O) groups is 2. The summed E-state index contributed by atoms with van der Waals surface area (Å²) in [6, 6.07) is 16.3. The number of nitrogens with zero attached hydrogens (tertiary/aromatic N) is 2. The third-order valence-electron chi connectivity index (χ3n) is 9.38. The summed E-state index contributed by atoms with van der Waals surface area (Å²) in [7, 11) is 0. The minimum atomic E-state index is -0.245. The monoisotopic (exact) mass is 600 g/mol. The lowest BCUT2D eigenvalue weighted by Gasteiger charge is -2.17. The summed E-state index contributed by atoms with van der Waals surface area (Å²) in [6.07, 6.45) is 10.7. The number of carbonyl (C=O) groups excluding carboxylic acids is 2. The van der Waals surface area contributed by atoms with E-state index in [1.165, 1.54) is 36.8 Å². The molecule has 3 saturated carbocycles. The molecule has 3 fully saturated rings. The van der Waals surface area contributed by atoms with E-state index in [9.17, 15) is 9.59 Å². The van der Waals surface area contributed by atoms with Gasteiger partial charge in [-0.25, -0.2) is 0 Å². The lowest BCUT2D eigenvalue weighted by Crippen LogP contribution is -2.19. The second kappa shape index (κ2) is 12.2. The van der Waals surface area contributed by atoms with Gasteiger partial charge in [-0.15, -0.1) is 0 Å². The number of rotatable bonds is 11. The van der Waals surface area contributed by atoms with Gasteiger partial charge in [0.25, 0.3) is 11.8 Å². The van der Waals surface area contributed by atoms with Crippen molar-refractivity contribution < 1.29 is 9.59 Å². The van der Waals surface area contributed by atoms with Crippen molar-refractivity contribution in [1.82, 2.24) is 15.3 Å². The zero-order valence-corrected chi connectivity index (χ0v) is 26.0. The second-order valence-electron chi connectivity index (χ2n) is 12.8. The Bertz CT molecular complexity index is 1790. The van der Waals surface area contributed by atoms with Crippen LogP contribution in [-0.4, -0.2) is 27.8 Å². The largest absolute Gasteiger partial charge is 0.326 e. The van der Waals surface area contributed by atoms with E-state index in [4.69, 9.17) is 5.73 Å². The van der Waals surface area contributed by atoms with Crippen LogP contribution < -0.4 is 21.7 Å². The van der Waals surface area contributed by atoms with Crippen molar-refractivity contribution >= 4 is 23.2 Å². The van der Waals surface area contributed by atoms with Crippen LogP contribution in [0.1, 0.15) is 105 Å². The number of pyridine rings is 2. The topological polar surface area (TPSA) is 122 Å². The first-order valence-electron chi connectivity index (χ1n) is 16.1. The van der Waals surface area contributed by atoms with Crippen LogP contribution in [0.2, 0.25) is 0 Å². The highest BCUT2D eigenvalue weighted by Crippen LogP contribution is 2.43. The molecule has 8 nitrogen and oxygen atoms in total. The fourth-order valence-corrected chi connectivity index (χ4v) is 6.15. The first kappa shape index (κ1) is 29.3. The summed E-state index contributed by atoms with van der Waals surface area (Å²) in [6.45, 7) is 5.24. The Kier molecular flexibility index (Phi) is 7.94. The van der Waals surface area contributed by atoms with Gasteiger partial charge in [0.1, 0.15) is 11.4 Å². The van der Waals surface area contributed by atoms with Crippen LogP contribution in [0.15, 0.2) is 60.9 Å². The molecule has 7 rings (SSSR count). The molecule has 2 amide bonds. The van der Waals surface area contributed by atoms with E-state index in [2.05, 4.69) is 25.9 Å². The predicted octanol–water partition coefficient (Wildman–Crippen LogP) is 6.73. The van der Waals surface area contributed by atoms with Gasteiger partial charge in [0.15, 0.2) is 0 Å². The maximum atomic E-state index is 13.4. The number of anilines is 2. The normalized spacial score (nSPS) is 16.0. The van der Waals surface area contributed by atoms with Gasteiger partial charge in [-0.05, 0) is 133 Å². The average Bonchev–Trinajstić information content (AvgIpc) is 3.89. The lowest BCUT2D eigenvalue weighted by molar-refractivity contribution is 0.101. The molecule has 5 N–H and O–H groups in total. The third-order valence-corrected chi connectivity index (χ3v) is 9.38. The lowest BCUT2D eigenvalue weighted by atomic mass is 9.94. The maximum absolute atomic E-state index is 13.4. The van der Waals surface area contributed by atoms with E-state index in [1.54, 1.807) is 6.20 Å². The van der Waals surface area contributed by atoms with Crippen LogP contribution in [0.4, 0.5) is 11.4 Å². The third kappa shape index (κ3) is 6.39. The van der Waals surface area contributed by atoms with Crippen molar-refractivity contribution in [1.29, 1.82) is 0 Å². The SMILES string of the molecule is Cc1c(NC(=O)c2cc(C3CC3)c(CN)cn2)cccc1-c1cccc(NC(=O)c2cc(C3CC3)c(CNC3CC3)cn2)c1C. The summed E-state index contributed by atoms with van der Waals surface area (Å²) >= 11 is 0. The molecule has 3 aliphatic carbocycles. The number of nitrogens with two attached hydrogens (primary N) is 1. The highest BCUT2D eigenvalue weighted by molar-refractivity contribution is 6.05. The number of hydrogen-bond acceptors (Lipinski definition) is 6. The van der Waals surface area contributed by atoms with Crippen LogP contribution in [0.3, 0.4) is 0 Å². The zero-order chi connectivity index (χ0) is 31.1. The van der Waals surface area contributed by atoms with Crippen molar-refractivity contribution in [3.8, 4) is 11.1 Å². The fourth-order valence-electron chi connectivity index (χ4n) is 6.15. The molecular formula is C37H40N6O2. The van der Waals surface area contributed by atoms with Crippen LogP contribution in [0.25, 0.3) is 11.1 Å². The highest BCUT2D eigenvalue weighted by Gasteiger charge is 2.29. The molecule has 230 valence electrons. The first-order valence-corrected chi connectivity index (χ1v) is 16.1. The van der Waals surface area contributed by atoms with E-state index >= 15 is 0 Å². The standard InChI is InChI=1S/C37H40N6O2/c1-21-28(5-3-7-32(21)42-36(44)34-15-30(23-9-10-23)25(17-38)18-40-34)29-6-4-8-33(22(29)2)43-37(45)35-16-31(24-11-12-24)26(20-41-35)19-39-27-13-14-27/h3-8,15-16,18,20,23-24,27,39H,9-14,17,19,38H2,1-2H3,(H,42,44)(H,43,45). The van der Waals surface area contributed by atoms with Crippen LogP contribution in [-0.2, 0) is 13.1 Å². The van der Waals surface area contributed by atoms with E-state index in [-0.39, 0.29) is 11.8 Å². The summed E-state index contributed by atoms with van der Waals surface area (Å²) in [5.41, 5.74) is 16.6. The molecule has 2 heterocycles. The quantitative estimate of drug-likeness (QED) is 0.151. The Labute approximate surface area is 264 Å². The molecule has 0 bridgehead atoms. The second-order valence-corrected chi connectivity index (χ2v) is 12.8. The molecule has 2 aromatic heterocycles. The van der Waals surface area contributed by atoms with Crippen molar-refractivity contribution in [3.63, 3.8) is 0 Å². The summed E-state index contributed by atoms with van der Waals surface area (Å²) < 4.78 is 0. The van der Waals surface area contributed by atoms with Gasteiger partial charge in [-0.3, -0.25) is 19.6 Å².